The number of hydrogen-bond acceptors (Lipinski definition) is 3. The van der Waals surface area contributed by atoms with E-state index in [0.29, 0.717) is 10.6 Å². The number of benzene rings is 2. The van der Waals surface area contributed by atoms with Crippen LogP contribution in [0.5, 0.6) is 0 Å². The molecule has 1 heterocycles. The summed E-state index contributed by atoms with van der Waals surface area (Å²) in [6, 6.07) is 10.5. The summed E-state index contributed by atoms with van der Waals surface area (Å²) in [6.45, 7) is 2.40. The topological polar surface area (TPSA) is 78.5 Å². The summed E-state index contributed by atoms with van der Waals surface area (Å²) in [7, 11) is 0. The van der Waals surface area contributed by atoms with Gasteiger partial charge in [0.05, 0.1) is 5.56 Å². The highest BCUT2D eigenvalue weighted by molar-refractivity contribution is 6.10. The number of aryl methyl sites for hydroxylation is 1. The SMILES string of the molecule is Cc1cccc(NC(=O)CN2C(=O)N[C@@](C)(c3ccccc3C(F)(F)F)C2=O)c1. The molecule has 29 heavy (non-hydrogen) atoms. The second kappa shape index (κ2) is 7.23. The van der Waals surface area contributed by atoms with E-state index in [1.807, 2.05) is 13.0 Å². The molecule has 9 heteroatoms. The van der Waals surface area contributed by atoms with Gasteiger partial charge in [0, 0.05) is 5.69 Å². The van der Waals surface area contributed by atoms with Gasteiger partial charge in [-0.1, -0.05) is 30.3 Å². The van der Waals surface area contributed by atoms with Gasteiger partial charge in [0.25, 0.3) is 5.91 Å². The predicted octanol–water partition coefficient (Wildman–Crippen LogP) is 3.42. The quantitative estimate of drug-likeness (QED) is 0.766. The number of alkyl halides is 3. The standard InChI is InChI=1S/C20H18F3N3O3/c1-12-6-5-7-13(10-12)24-16(27)11-26-17(28)19(2,25-18(26)29)14-8-3-4-9-15(14)20(21,22)23/h3-10H,11H2,1-2H3,(H,24,27)(H,25,29)/t19-/m0/s1. The number of halogens is 3. The van der Waals surface area contributed by atoms with Crippen LogP contribution in [0.15, 0.2) is 48.5 Å². The number of anilines is 1. The molecule has 0 bridgehead atoms. The van der Waals surface area contributed by atoms with Crippen LogP contribution in [0.2, 0.25) is 0 Å². The Morgan fingerprint density at radius 1 is 1.14 bits per heavy atom. The molecule has 0 saturated carbocycles. The first-order chi connectivity index (χ1) is 13.5. The highest BCUT2D eigenvalue weighted by Gasteiger charge is 2.52. The molecule has 0 radical (unpaired) electrons. The van der Waals surface area contributed by atoms with Gasteiger partial charge in [0.2, 0.25) is 5.91 Å². The van der Waals surface area contributed by atoms with Crippen molar-refractivity contribution in [2.45, 2.75) is 25.6 Å². The van der Waals surface area contributed by atoms with E-state index in [1.54, 1.807) is 18.2 Å². The zero-order valence-corrected chi connectivity index (χ0v) is 15.6. The van der Waals surface area contributed by atoms with Crippen LogP contribution in [0.25, 0.3) is 0 Å². The lowest BCUT2D eigenvalue weighted by Gasteiger charge is -2.25. The van der Waals surface area contributed by atoms with Crippen molar-refractivity contribution < 1.29 is 27.6 Å². The molecule has 2 aromatic carbocycles. The number of carbonyl (C=O) groups excluding carboxylic acids is 3. The second-order valence-electron chi connectivity index (χ2n) is 6.91. The summed E-state index contributed by atoms with van der Waals surface area (Å²) < 4.78 is 40.1. The molecule has 0 unspecified atom stereocenters. The zero-order chi connectivity index (χ0) is 21.4. The van der Waals surface area contributed by atoms with E-state index < -0.39 is 41.7 Å². The van der Waals surface area contributed by atoms with Gasteiger partial charge < -0.3 is 10.6 Å². The summed E-state index contributed by atoms with van der Waals surface area (Å²) in [6.07, 6.45) is -4.71. The van der Waals surface area contributed by atoms with Gasteiger partial charge in [-0.05, 0) is 43.2 Å². The Hall–Kier alpha value is -3.36. The Morgan fingerprint density at radius 3 is 2.48 bits per heavy atom. The van der Waals surface area contributed by atoms with Gasteiger partial charge in [-0.2, -0.15) is 13.2 Å². The minimum Gasteiger partial charge on any atom is -0.325 e. The molecule has 0 aromatic heterocycles. The lowest BCUT2D eigenvalue weighted by atomic mass is 9.87. The van der Waals surface area contributed by atoms with Crippen LogP contribution < -0.4 is 10.6 Å². The first kappa shape index (κ1) is 20.4. The summed E-state index contributed by atoms with van der Waals surface area (Å²) in [4.78, 5) is 38.1. The van der Waals surface area contributed by atoms with E-state index in [1.165, 1.54) is 19.1 Å². The molecule has 1 atom stereocenters. The van der Waals surface area contributed by atoms with Crippen molar-refractivity contribution in [1.82, 2.24) is 10.2 Å². The molecule has 2 N–H and O–H groups in total. The Balaban J connectivity index is 1.84. The molecule has 152 valence electrons. The van der Waals surface area contributed by atoms with Crippen LogP contribution in [0.4, 0.5) is 23.7 Å². The van der Waals surface area contributed by atoms with Gasteiger partial charge in [-0.25, -0.2) is 4.79 Å². The lowest BCUT2D eigenvalue weighted by Crippen LogP contribution is -2.43. The van der Waals surface area contributed by atoms with Crippen LogP contribution >= 0.6 is 0 Å². The van der Waals surface area contributed by atoms with E-state index in [9.17, 15) is 27.6 Å². The van der Waals surface area contributed by atoms with E-state index in [4.69, 9.17) is 0 Å². The Morgan fingerprint density at radius 2 is 1.83 bits per heavy atom. The molecule has 3 rings (SSSR count). The fourth-order valence-electron chi connectivity index (χ4n) is 3.26. The Kier molecular flexibility index (Phi) is 5.08. The number of urea groups is 1. The fraction of sp³-hybridized carbons (Fsp3) is 0.250. The van der Waals surface area contributed by atoms with Gasteiger partial charge >= 0.3 is 12.2 Å². The smallest absolute Gasteiger partial charge is 0.325 e. The van der Waals surface area contributed by atoms with Crippen molar-refractivity contribution in [2.75, 3.05) is 11.9 Å². The minimum atomic E-state index is -4.71. The number of imide groups is 1. The van der Waals surface area contributed by atoms with Crippen molar-refractivity contribution in [3.05, 3.63) is 65.2 Å². The normalized spacial score (nSPS) is 19.3. The average molecular weight is 405 g/mol. The number of hydrogen-bond donors (Lipinski definition) is 2. The first-order valence-corrected chi connectivity index (χ1v) is 8.70. The number of nitrogens with one attached hydrogen (secondary N) is 2. The van der Waals surface area contributed by atoms with Crippen LogP contribution in [0.3, 0.4) is 0 Å². The molecule has 4 amide bonds. The van der Waals surface area contributed by atoms with Crippen molar-refractivity contribution in [3.8, 4) is 0 Å². The molecular weight excluding hydrogens is 387 g/mol. The minimum absolute atomic E-state index is 0.382. The third kappa shape index (κ3) is 3.94. The highest BCUT2D eigenvalue weighted by atomic mass is 19.4. The molecule has 0 spiro atoms. The maximum absolute atomic E-state index is 13.4. The van der Waals surface area contributed by atoms with Crippen LogP contribution in [0.1, 0.15) is 23.6 Å². The van der Waals surface area contributed by atoms with Crippen molar-refractivity contribution in [3.63, 3.8) is 0 Å². The molecular formula is C20H18F3N3O3. The largest absolute Gasteiger partial charge is 0.416 e. The first-order valence-electron chi connectivity index (χ1n) is 8.70. The van der Waals surface area contributed by atoms with E-state index in [0.717, 1.165) is 17.7 Å². The van der Waals surface area contributed by atoms with Crippen molar-refractivity contribution in [2.24, 2.45) is 0 Å². The van der Waals surface area contributed by atoms with E-state index >= 15 is 0 Å². The summed E-state index contributed by atoms with van der Waals surface area (Å²) in [5.74, 6) is -1.58. The molecule has 1 aliphatic heterocycles. The van der Waals surface area contributed by atoms with Crippen molar-refractivity contribution >= 4 is 23.5 Å². The maximum atomic E-state index is 13.4. The monoisotopic (exact) mass is 405 g/mol. The van der Waals surface area contributed by atoms with Crippen molar-refractivity contribution in [1.29, 1.82) is 0 Å². The number of nitrogens with zero attached hydrogens (tertiary/aromatic N) is 1. The lowest BCUT2D eigenvalue weighted by molar-refractivity contribution is -0.140. The summed E-state index contributed by atoms with van der Waals surface area (Å²) in [5.41, 5.74) is -1.97. The number of rotatable bonds is 4. The third-order valence-electron chi connectivity index (χ3n) is 4.65. The highest BCUT2D eigenvalue weighted by Crippen LogP contribution is 2.39. The number of amides is 4. The molecule has 1 fully saturated rings. The predicted molar refractivity (Wildman–Crippen MR) is 98.8 cm³/mol. The fourth-order valence-corrected chi connectivity index (χ4v) is 3.26. The third-order valence-corrected chi connectivity index (χ3v) is 4.65. The van der Waals surface area contributed by atoms with E-state index in [2.05, 4.69) is 10.6 Å². The summed E-state index contributed by atoms with van der Waals surface area (Å²) >= 11 is 0. The average Bonchev–Trinajstić information content (AvgIpc) is 2.85. The van der Waals surface area contributed by atoms with Gasteiger partial charge in [-0.3, -0.25) is 14.5 Å². The van der Waals surface area contributed by atoms with Gasteiger partial charge in [0.15, 0.2) is 0 Å². The Labute approximate surface area is 164 Å². The molecule has 1 saturated heterocycles. The molecule has 0 aliphatic carbocycles. The molecule has 2 aromatic rings. The maximum Gasteiger partial charge on any atom is 0.416 e. The summed E-state index contributed by atoms with van der Waals surface area (Å²) in [5, 5.41) is 4.86. The molecule has 1 aliphatic rings. The van der Waals surface area contributed by atoms with Crippen LogP contribution in [-0.2, 0) is 21.3 Å². The molecule has 6 nitrogen and oxygen atoms in total. The van der Waals surface area contributed by atoms with Crippen LogP contribution in [-0.4, -0.2) is 29.3 Å². The van der Waals surface area contributed by atoms with Gasteiger partial charge in [-0.15, -0.1) is 0 Å². The number of carbonyl (C=O) groups is 3. The Bertz CT molecular complexity index is 990. The zero-order valence-electron chi connectivity index (χ0n) is 15.6. The second-order valence-corrected chi connectivity index (χ2v) is 6.91. The van der Waals surface area contributed by atoms with E-state index in [-0.39, 0.29) is 5.56 Å². The van der Waals surface area contributed by atoms with Crippen LogP contribution in [0, 0.1) is 6.92 Å². The van der Waals surface area contributed by atoms with Gasteiger partial charge in [0.1, 0.15) is 12.1 Å².